The summed E-state index contributed by atoms with van der Waals surface area (Å²) in [6.07, 6.45) is 1.12. The molecule has 48 heavy (non-hydrogen) atoms. The predicted molar refractivity (Wildman–Crippen MR) is 182 cm³/mol. The number of benzene rings is 3. The Morgan fingerprint density at radius 1 is 1.12 bits per heavy atom. The molecule has 0 saturated carbocycles. The zero-order valence-corrected chi connectivity index (χ0v) is 27.6. The van der Waals surface area contributed by atoms with Crippen LogP contribution in [-0.2, 0) is 29.1 Å². The maximum atomic E-state index is 14.3. The molecule has 0 bridgehead atoms. The molecule has 4 amide bonds. The SMILES string of the molecule is N#CCN(C(=O)NCc1ccc(Cl)c(Cl)c1)N1CC(=O)N2[C@@H](Cc3ccc4occc4c3)C(=O)N(Cc3cccc4sc(N)nc34)C[C@@H]21. The number of rotatable bonds is 8. The fourth-order valence-corrected chi connectivity index (χ4v) is 7.48. The highest BCUT2D eigenvalue weighted by molar-refractivity contribution is 7.22. The molecule has 0 unspecified atom stereocenters. The number of amides is 4. The molecule has 3 N–H and O–H groups in total. The molecule has 15 heteroatoms. The number of carbonyl (C=O) groups excluding carboxylic acids is 3. The van der Waals surface area contributed by atoms with Crippen molar-refractivity contribution in [2.75, 3.05) is 25.4 Å². The van der Waals surface area contributed by atoms with E-state index in [1.165, 1.54) is 16.3 Å². The van der Waals surface area contributed by atoms with Gasteiger partial charge in [-0.2, -0.15) is 10.3 Å². The molecular weight excluding hydrogens is 675 g/mol. The number of aromatic nitrogens is 1. The molecule has 2 saturated heterocycles. The van der Waals surface area contributed by atoms with E-state index < -0.39 is 18.2 Å². The fourth-order valence-electron chi connectivity index (χ4n) is 6.38. The number of para-hydroxylation sites is 1. The minimum atomic E-state index is -0.867. The molecular formula is C33H28Cl2N8O4S. The Bertz CT molecular complexity index is 2110. The van der Waals surface area contributed by atoms with E-state index >= 15 is 0 Å². The number of halogens is 2. The number of thiazole rings is 1. The van der Waals surface area contributed by atoms with E-state index in [4.69, 9.17) is 33.4 Å². The first-order valence-corrected chi connectivity index (χ1v) is 16.6. The van der Waals surface area contributed by atoms with Gasteiger partial charge in [-0.15, -0.1) is 0 Å². The van der Waals surface area contributed by atoms with Crippen LogP contribution in [0.1, 0.15) is 16.7 Å². The average molecular weight is 704 g/mol. The third kappa shape index (κ3) is 5.99. The Labute approximate surface area is 288 Å². The fraction of sp³-hybridized carbons (Fsp3) is 0.242. The third-order valence-electron chi connectivity index (χ3n) is 8.59. The van der Waals surface area contributed by atoms with Gasteiger partial charge in [0.05, 0.1) is 45.7 Å². The molecule has 5 aromatic rings. The minimum absolute atomic E-state index is 0.0971. The number of hydrogen-bond acceptors (Lipinski definition) is 9. The summed E-state index contributed by atoms with van der Waals surface area (Å²) in [6.45, 7) is -0.0932. The zero-order chi connectivity index (χ0) is 33.5. The number of carbonyl (C=O) groups is 3. The van der Waals surface area contributed by atoms with Crippen LogP contribution in [0.5, 0.6) is 0 Å². The van der Waals surface area contributed by atoms with Crippen LogP contribution >= 0.6 is 34.5 Å². The highest BCUT2D eigenvalue weighted by Crippen LogP contribution is 2.33. The summed E-state index contributed by atoms with van der Waals surface area (Å²) < 4.78 is 6.39. The Kier molecular flexibility index (Phi) is 8.57. The summed E-state index contributed by atoms with van der Waals surface area (Å²) in [4.78, 5) is 49.4. The quantitative estimate of drug-likeness (QED) is 0.214. The van der Waals surface area contributed by atoms with E-state index in [-0.39, 0.29) is 51.0 Å². The van der Waals surface area contributed by atoms with E-state index in [0.29, 0.717) is 31.8 Å². The molecule has 12 nitrogen and oxygen atoms in total. The van der Waals surface area contributed by atoms with Crippen LogP contribution in [0.3, 0.4) is 0 Å². The maximum absolute atomic E-state index is 14.3. The monoisotopic (exact) mass is 702 g/mol. The van der Waals surface area contributed by atoms with Gasteiger partial charge in [-0.05, 0) is 53.1 Å². The summed E-state index contributed by atoms with van der Waals surface area (Å²) in [5, 5.41) is 17.4. The van der Waals surface area contributed by atoms with Gasteiger partial charge >= 0.3 is 6.03 Å². The number of furan rings is 1. The number of hydrazine groups is 1. The minimum Gasteiger partial charge on any atom is -0.464 e. The standard InChI is InChI=1S/C33H28Cl2N8O4S/c34-23-6-4-20(13-24(23)35)15-38-33(46)41(10-9-36)42-18-29(44)43-25(14-19-5-7-26-21(12-19)8-11-47-26)31(45)40(17-28(42)43)16-22-2-1-3-27-30(22)39-32(37)48-27/h1-8,11-13,25,28H,10,14-18H2,(H2,37,39)(H,38,46)/t25-,28+/m0/s1. The zero-order valence-electron chi connectivity index (χ0n) is 25.3. The van der Waals surface area contributed by atoms with Gasteiger partial charge in [-0.3, -0.25) is 9.59 Å². The lowest BCUT2D eigenvalue weighted by Crippen LogP contribution is -2.66. The second-order valence-corrected chi connectivity index (χ2v) is 13.4. The van der Waals surface area contributed by atoms with Gasteiger partial charge in [-0.25, -0.2) is 14.8 Å². The van der Waals surface area contributed by atoms with Crippen molar-refractivity contribution >= 4 is 78.7 Å². The summed E-state index contributed by atoms with van der Waals surface area (Å²) in [7, 11) is 0. The summed E-state index contributed by atoms with van der Waals surface area (Å²) in [6, 6.07) is 18.8. The average Bonchev–Trinajstić information content (AvgIpc) is 3.78. The maximum Gasteiger partial charge on any atom is 0.333 e. The number of nitrogen functional groups attached to an aromatic ring is 1. The summed E-state index contributed by atoms with van der Waals surface area (Å²) in [5.74, 6) is -0.554. The molecule has 2 fully saturated rings. The number of anilines is 1. The van der Waals surface area contributed by atoms with Crippen molar-refractivity contribution in [3.63, 3.8) is 0 Å². The lowest BCUT2D eigenvalue weighted by molar-refractivity contribution is -0.157. The van der Waals surface area contributed by atoms with Crippen molar-refractivity contribution < 1.29 is 18.8 Å². The number of nitrogens with one attached hydrogen (secondary N) is 1. The molecule has 2 aliphatic rings. The van der Waals surface area contributed by atoms with Crippen molar-refractivity contribution in [2.24, 2.45) is 0 Å². The predicted octanol–water partition coefficient (Wildman–Crippen LogP) is 5.01. The Morgan fingerprint density at radius 2 is 1.96 bits per heavy atom. The molecule has 2 aliphatic heterocycles. The van der Waals surface area contributed by atoms with Crippen LogP contribution in [0.4, 0.5) is 9.93 Å². The first kappa shape index (κ1) is 31.7. The second kappa shape index (κ2) is 13.0. The van der Waals surface area contributed by atoms with E-state index in [9.17, 15) is 19.6 Å². The van der Waals surface area contributed by atoms with Crippen LogP contribution in [-0.4, -0.2) is 74.5 Å². The molecule has 0 radical (unpaired) electrons. The Balaban J connectivity index is 1.20. The highest BCUT2D eigenvalue weighted by atomic mass is 35.5. The van der Waals surface area contributed by atoms with Gasteiger partial charge in [0, 0.05) is 24.9 Å². The molecule has 3 aromatic carbocycles. The number of piperazine rings is 1. The van der Waals surface area contributed by atoms with E-state index in [1.54, 1.807) is 39.3 Å². The largest absolute Gasteiger partial charge is 0.464 e. The lowest BCUT2D eigenvalue weighted by Gasteiger charge is -2.46. The van der Waals surface area contributed by atoms with Gasteiger partial charge in [0.1, 0.15) is 24.3 Å². The second-order valence-electron chi connectivity index (χ2n) is 11.5. The first-order chi connectivity index (χ1) is 23.2. The van der Waals surface area contributed by atoms with Crippen molar-refractivity contribution in [2.45, 2.75) is 31.7 Å². The van der Waals surface area contributed by atoms with Crippen LogP contribution in [0.2, 0.25) is 10.0 Å². The van der Waals surface area contributed by atoms with Gasteiger partial charge in [0.2, 0.25) is 11.8 Å². The molecule has 0 spiro atoms. The number of urea groups is 1. The number of fused-ring (bicyclic) bond motifs is 3. The van der Waals surface area contributed by atoms with Crippen LogP contribution in [0.25, 0.3) is 21.2 Å². The van der Waals surface area contributed by atoms with Gasteiger partial charge < -0.3 is 25.3 Å². The van der Waals surface area contributed by atoms with Gasteiger partial charge in [-0.1, -0.05) is 58.8 Å². The number of nitrogens with zero attached hydrogens (tertiary/aromatic N) is 6. The van der Waals surface area contributed by atoms with E-state index in [2.05, 4.69) is 10.3 Å². The van der Waals surface area contributed by atoms with Gasteiger partial charge in [0.25, 0.3) is 0 Å². The Morgan fingerprint density at radius 3 is 2.77 bits per heavy atom. The lowest BCUT2D eigenvalue weighted by atomic mass is 9.99. The molecule has 2 atom stereocenters. The third-order valence-corrected chi connectivity index (χ3v) is 10.2. The van der Waals surface area contributed by atoms with Crippen LogP contribution in [0.15, 0.2) is 71.3 Å². The number of nitrogens with two attached hydrogens (primary N) is 1. The van der Waals surface area contributed by atoms with Gasteiger partial charge in [0.15, 0.2) is 5.13 Å². The smallest absolute Gasteiger partial charge is 0.333 e. The molecule has 4 heterocycles. The van der Waals surface area contributed by atoms with Crippen molar-refractivity contribution in [1.82, 2.24) is 30.1 Å². The Hall–Kier alpha value is -4.87. The number of hydrogen-bond donors (Lipinski definition) is 2. The van der Waals surface area contributed by atoms with Crippen molar-refractivity contribution in [3.8, 4) is 6.07 Å². The van der Waals surface area contributed by atoms with Crippen LogP contribution in [0, 0.1) is 11.3 Å². The van der Waals surface area contributed by atoms with Crippen molar-refractivity contribution in [1.29, 1.82) is 5.26 Å². The molecule has 2 aromatic heterocycles. The summed E-state index contributed by atoms with van der Waals surface area (Å²) in [5.41, 5.74) is 9.80. The highest BCUT2D eigenvalue weighted by Gasteiger charge is 2.52. The van der Waals surface area contributed by atoms with Crippen molar-refractivity contribution in [3.05, 3.63) is 93.7 Å². The molecule has 0 aliphatic carbocycles. The topological polar surface area (TPSA) is 152 Å². The normalized spacial score (nSPS) is 18.0. The van der Waals surface area contributed by atoms with Crippen LogP contribution < -0.4 is 11.1 Å². The summed E-state index contributed by atoms with van der Waals surface area (Å²) >= 11 is 13.6. The number of nitriles is 1. The molecule has 244 valence electrons. The van der Waals surface area contributed by atoms with E-state index in [0.717, 1.165) is 21.2 Å². The first-order valence-electron chi connectivity index (χ1n) is 15.0. The molecule has 7 rings (SSSR count). The van der Waals surface area contributed by atoms with E-state index in [1.807, 2.05) is 48.5 Å².